The van der Waals surface area contributed by atoms with Crippen molar-refractivity contribution in [2.24, 2.45) is 10.2 Å². The molecule has 1 atom stereocenters. The molecule has 60 valence electrons. The zero-order valence-electron chi connectivity index (χ0n) is 6.07. The normalized spacial score (nSPS) is 20.8. The molecule has 0 aliphatic carbocycles. The number of alkyl halides is 1. The Morgan fingerprint density at radius 1 is 1.33 bits per heavy atom. The molecular formula is C8H5IN2O. The van der Waals surface area contributed by atoms with Gasteiger partial charge in [0.1, 0.15) is 0 Å². The molecule has 1 aromatic carbocycles. The Kier molecular flexibility index (Phi) is 1.92. The summed E-state index contributed by atoms with van der Waals surface area (Å²) >= 11 is 1.97. The van der Waals surface area contributed by atoms with Crippen molar-refractivity contribution >= 4 is 34.1 Å². The first-order valence-electron chi connectivity index (χ1n) is 3.47. The second-order valence-corrected chi connectivity index (χ2v) is 3.61. The number of carbonyl (C=O) groups is 1. The third-order valence-corrected chi connectivity index (χ3v) is 2.47. The Hall–Kier alpha value is -0.780. The van der Waals surface area contributed by atoms with Crippen LogP contribution in [0.5, 0.6) is 0 Å². The molecule has 0 aromatic heterocycles. The van der Waals surface area contributed by atoms with E-state index in [0.717, 1.165) is 0 Å². The number of carbonyl (C=O) groups excluding carboxylic acids is 1. The molecule has 12 heavy (non-hydrogen) atoms. The van der Waals surface area contributed by atoms with Crippen LogP contribution in [0.3, 0.4) is 0 Å². The highest BCUT2D eigenvalue weighted by molar-refractivity contribution is 14.1. The maximum atomic E-state index is 11.5. The summed E-state index contributed by atoms with van der Waals surface area (Å²) in [6.45, 7) is 0. The van der Waals surface area contributed by atoms with Gasteiger partial charge in [-0.3, -0.25) is 4.79 Å². The fourth-order valence-corrected chi connectivity index (χ4v) is 1.52. The molecule has 0 spiro atoms. The number of rotatable bonds is 0. The van der Waals surface area contributed by atoms with Gasteiger partial charge in [0.15, 0.2) is 4.05 Å². The lowest BCUT2D eigenvalue weighted by Crippen LogP contribution is -2.13. The van der Waals surface area contributed by atoms with Crippen LogP contribution in [0, 0.1) is 0 Å². The molecule has 1 heterocycles. The number of benzene rings is 1. The minimum Gasteiger partial charge on any atom is -0.291 e. The smallest absolute Gasteiger partial charge is 0.201 e. The Labute approximate surface area is 83.0 Å². The molecule has 2 rings (SSSR count). The SMILES string of the molecule is O=C1c2ccccc2N=NC1I. The molecule has 0 fully saturated rings. The van der Waals surface area contributed by atoms with Gasteiger partial charge >= 0.3 is 0 Å². The highest BCUT2D eigenvalue weighted by atomic mass is 127. The van der Waals surface area contributed by atoms with Crippen molar-refractivity contribution < 1.29 is 4.79 Å². The summed E-state index contributed by atoms with van der Waals surface area (Å²) in [6.07, 6.45) is 0. The number of halogens is 1. The lowest BCUT2D eigenvalue weighted by Gasteiger charge is -2.10. The summed E-state index contributed by atoms with van der Waals surface area (Å²) < 4.78 is -0.350. The van der Waals surface area contributed by atoms with Gasteiger partial charge in [0.2, 0.25) is 5.78 Å². The zero-order valence-corrected chi connectivity index (χ0v) is 8.22. The molecule has 0 saturated heterocycles. The molecule has 1 unspecified atom stereocenters. The maximum absolute atomic E-state index is 11.5. The van der Waals surface area contributed by atoms with Gasteiger partial charge in [-0.1, -0.05) is 12.1 Å². The molecule has 0 radical (unpaired) electrons. The van der Waals surface area contributed by atoms with Crippen LogP contribution < -0.4 is 0 Å². The molecule has 1 aromatic rings. The van der Waals surface area contributed by atoms with Gasteiger partial charge in [-0.05, 0) is 34.7 Å². The fraction of sp³-hybridized carbons (Fsp3) is 0.125. The zero-order chi connectivity index (χ0) is 8.55. The molecular weight excluding hydrogens is 267 g/mol. The van der Waals surface area contributed by atoms with Crippen LogP contribution in [0.2, 0.25) is 0 Å². The monoisotopic (exact) mass is 272 g/mol. The van der Waals surface area contributed by atoms with E-state index in [9.17, 15) is 4.79 Å². The number of hydrogen-bond donors (Lipinski definition) is 0. The predicted molar refractivity (Wildman–Crippen MR) is 53.1 cm³/mol. The number of fused-ring (bicyclic) bond motifs is 1. The molecule has 0 bridgehead atoms. The molecule has 1 aliphatic rings. The van der Waals surface area contributed by atoms with Crippen LogP contribution in [-0.2, 0) is 0 Å². The van der Waals surface area contributed by atoms with Crippen LogP contribution in [0.1, 0.15) is 10.4 Å². The second-order valence-electron chi connectivity index (χ2n) is 2.43. The van der Waals surface area contributed by atoms with Crippen molar-refractivity contribution in [1.29, 1.82) is 0 Å². The summed E-state index contributed by atoms with van der Waals surface area (Å²) in [4.78, 5) is 11.5. The molecule has 4 heteroatoms. The van der Waals surface area contributed by atoms with Crippen LogP contribution in [0.15, 0.2) is 34.5 Å². The number of nitrogens with zero attached hydrogens (tertiary/aromatic N) is 2. The predicted octanol–water partition coefficient (Wildman–Crippen LogP) is 2.73. The van der Waals surface area contributed by atoms with Crippen molar-refractivity contribution in [3.8, 4) is 0 Å². The minimum atomic E-state index is -0.350. The van der Waals surface area contributed by atoms with Gasteiger partial charge in [-0.25, -0.2) is 0 Å². The topological polar surface area (TPSA) is 41.8 Å². The first-order valence-corrected chi connectivity index (χ1v) is 4.72. The van der Waals surface area contributed by atoms with Gasteiger partial charge in [-0.15, -0.1) is 0 Å². The second kappa shape index (κ2) is 2.93. The van der Waals surface area contributed by atoms with E-state index in [1.165, 1.54) is 0 Å². The average molecular weight is 272 g/mol. The van der Waals surface area contributed by atoms with Crippen molar-refractivity contribution in [3.63, 3.8) is 0 Å². The molecule has 0 saturated carbocycles. The fourth-order valence-electron chi connectivity index (χ4n) is 1.06. The first kappa shape index (κ1) is 7.85. The van der Waals surface area contributed by atoms with Gasteiger partial charge in [-0.2, -0.15) is 10.2 Å². The Bertz CT molecular complexity index is 362. The minimum absolute atomic E-state index is 0.0428. The lowest BCUT2D eigenvalue weighted by atomic mass is 10.1. The standard InChI is InChI=1S/C8H5IN2O/c9-8-7(12)5-3-1-2-4-6(5)10-11-8/h1-4,8H. The van der Waals surface area contributed by atoms with E-state index in [-0.39, 0.29) is 9.83 Å². The summed E-state index contributed by atoms with van der Waals surface area (Å²) in [5, 5.41) is 7.74. The quantitative estimate of drug-likeness (QED) is 0.406. The summed E-state index contributed by atoms with van der Waals surface area (Å²) in [5.41, 5.74) is 1.35. The van der Waals surface area contributed by atoms with E-state index in [1.54, 1.807) is 12.1 Å². The number of azo groups is 1. The van der Waals surface area contributed by atoms with Crippen molar-refractivity contribution in [3.05, 3.63) is 29.8 Å². The van der Waals surface area contributed by atoms with E-state index in [0.29, 0.717) is 11.3 Å². The summed E-state index contributed by atoms with van der Waals surface area (Å²) in [7, 11) is 0. The van der Waals surface area contributed by atoms with E-state index in [2.05, 4.69) is 10.2 Å². The van der Waals surface area contributed by atoms with Crippen molar-refractivity contribution in [1.82, 2.24) is 0 Å². The average Bonchev–Trinajstić information content (AvgIpc) is 2.12. The Morgan fingerprint density at radius 2 is 2.08 bits per heavy atom. The third kappa shape index (κ3) is 1.16. The van der Waals surface area contributed by atoms with E-state index in [1.807, 2.05) is 34.7 Å². The van der Waals surface area contributed by atoms with E-state index in [4.69, 9.17) is 0 Å². The van der Waals surface area contributed by atoms with Gasteiger partial charge in [0.25, 0.3) is 0 Å². The number of hydrogen-bond acceptors (Lipinski definition) is 3. The summed E-state index contributed by atoms with van der Waals surface area (Å²) in [5.74, 6) is 0.0428. The van der Waals surface area contributed by atoms with Gasteiger partial charge in [0.05, 0.1) is 5.69 Å². The van der Waals surface area contributed by atoms with Crippen LogP contribution >= 0.6 is 22.6 Å². The van der Waals surface area contributed by atoms with Crippen molar-refractivity contribution in [2.45, 2.75) is 4.05 Å². The maximum Gasteiger partial charge on any atom is 0.201 e. The molecule has 0 amide bonds. The highest BCUT2D eigenvalue weighted by Crippen LogP contribution is 2.28. The van der Waals surface area contributed by atoms with E-state index >= 15 is 0 Å². The number of Topliss-reactive ketones (excluding diaryl/α,β-unsaturated/α-hetero) is 1. The molecule has 1 aliphatic heterocycles. The number of ketones is 1. The summed E-state index contributed by atoms with van der Waals surface area (Å²) in [6, 6.07) is 7.25. The third-order valence-electron chi connectivity index (χ3n) is 1.65. The lowest BCUT2D eigenvalue weighted by molar-refractivity contribution is 0.0992. The van der Waals surface area contributed by atoms with E-state index < -0.39 is 0 Å². The van der Waals surface area contributed by atoms with Crippen LogP contribution in [-0.4, -0.2) is 9.83 Å². The largest absolute Gasteiger partial charge is 0.291 e. The highest BCUT2D eigenvalue weighted by Gasteiger charge is 2.22. The van der Waals surface area contributed by atoms with Crippen LogP contribution in [0.25, 0.3) is 0 Å². The Balaban J connectivity index is 2.59. The van der Waals surface area contributed by atoms with Crippen molar-refractivity contribution in [2.75, 3.05) is 0 Å². The molecule has 0 N–H and O–H groups in total. The van der Waals surface area contributed by atoms with Gasteiger partial charge < -0.3 is 0 Å². The van der Waals surface area contributed by atoms with Crippen LogP contribution in [0.4, 0.5) is 5.69 Å². The first-order chi connectivity index (χ1) is 5.79. The molecule has 3 nitrogen and oxygen atoms in total. The Morgan fingerprint density at radius 3 is 2.92 bits per heavy atom. The van der Waals surface area contributed by atoms with Gasteiger partial charge in [0, 0.05) is 5.56 Å².